The molecular weight excluding hydrogens is 509 g/mol. The fourth-order valence-electron chi connectivity index (χ4n) is 4.01. The van der Waals surface area contributed by atoms with Crippen LogP contribution in [0.1, 0.15) is 41.7 Å². The molecule has 1 atom stereocenters. The molecule has 0 spiro atoms. The number of carbonyl (C=O) groups excluding carboxylic acids is 1. The smallest absolute Gasteiger partial charge is 0.407 e. The summed E-state index contributed by atoms with van der Waals surface area (Å²) in [6.45, 7) is 7.93. The molecule has 0 saturated carbocycles. The molecule has 2 N–H and O–H groups in total. The molecule has 0 radical (unpaired) electrons. The van der Waals surface area contributed by atoms with Gasteiger partial charge in [-0.1, -0.05) is 36.4 Å². The second-order valence-electron chi connectivity index (χ2n) is 10.4. The van der Waals surface area contributed by atoms with Crippen LogP contribution in [0.5, 0.6) is 0 Å². The fraction of sp³-hybridized carbons (Fsp3) is 0.300. The van der Waals surface area contributed by atoms with Gasteiger partial charge in [-0.2, -0.15) is 4.98 Å². The normalized spacial score (nSPS) is 11.9. The predicted octanol–water partition coefficient (Wildman–Crippen LogP) is 6.40. The quantitative estimate of drug-likeness (QED) is 0.248. The zero-order valence-electron chi connectivity index (χ0n) is 23.4. The van der Waals surface area contributed by atoms with E-state index in [4.69, 9.17) is 4.74 Å². The van der Waals surface area contributed by atoms with E-state index in [2.05, 4.69) is 43.6 Å². The molecule has 10 heteroatoms. The molecule has 0 aliphatic heterocycles. The van der Waals surface area contributed by atoms with Gasteiger partial charge in [0, 0.05) is 34.9 Å². The van der Waals surface area contributed by atoms with Crippen LogP contribution in [-0.4, -0.2) is 44.7 Å². The number of benzene rings is 2. The van der Waals surface area contributed by atoms with Gasteiger partial charge in [0.25, 0.3) is 0 Å². The molecule has 40 heavy (non-hydrogen) atoms. The lowest BCUT2D eigenvalue weighted by Crippen LogP contribution is -2.32. The molecular formula is C30H38FN7O2. The van der Waals surface area contributed by atoms with Gasteiger partial charge in [-0.25, -0.2) is 24.1 Å². The second-order valence-corrected chi connectivity index (χ2v) is 10.4. The maximum absolute atomic E-state index is 14.3. The van der Waals surface area contributed by atoms with E-state index in [1.165, 1.54) is 6.07 Å². The topological polar surface area (TPSA) is 105 Å². The van der Waals surface area contributed by atoms with Crippen LogP contribution in [0, 0.1) is 5.82 Å². The Morgan fingerprint density at radius 3 is 2.45 bits per heavy atom. The highest BCUT2D eigenvalue weighted by Crippen LogP contribution is 2.24. The van der Waals surface area contributed by atoms with Gasteiger partial charge in [0.05, 0.1) is 5.56 Å². The number of nitrogens with zero attached hydrogens (tertiary/aromatic N) is 5. The van der Waals surface area contributed by atoms with Gasteiger partial charge >= 0.3 is 6.09 Å². The molecule has 0 saturated heterocycles. The molecule has 0 aliphatic rings. The van der Waals surface area contributed by atoms with Gasteiger partial charge in [-0.3, -0.25) is 0 Å². The second kappa shape index (κ2) is 12.5. The minimum absolute atomic E-state index is 0. The number of aromatic nitrogens is 4. The number of hydrogen-bond acceptors (Lipinski definition) is 8. The number of nitrogens with one attached hydrogen (secondary N) is 2. The van der Waals surface area contributed by atoms with Gasteiger partial charge in [0.15, 0.2) is 5.82 Å². The number of halogens is 1. The SMILES string of the molecule is CC(Cc1cccc(CNC(=O)OC(C)(C)C)c1)Nc1nccc(N(C)c2ccnc(-c3ccccc3F)n2)n1.[HH].[HH]. The Balaban J connectivity index is 0.00000308. The first kappa shape index (κ1) is 28.4. The number of amides is 1. The van der Waals surface area contributed by atoms with E-state index in [1.807, 2.05) is 46.0 Å². The average molecular weight is 548 g/mol. The molecule has 4 aromatic rings. The number of alkyl carbamates (subject to hydrolysis) is 1. The summed E-state index contributed by atoms with van der Waals surface area (Å²) in [7, 11) is 1.83. The summed E-state index contributed by atoms with van der Waals surface area (Å²) in [5, 5.41) is 6.15. The maximum atomic E-state index is 14.3. The lowest BCUT2D eigenvalue weighted by molar-refractivity contribution is 0.0523. The Kier molecular flexibility index (Phi) is 8.88. The molecule has 0 bridgehead atoms. The van der Waals surface area contributed by atoms with Crippen LogP contribution in [0.15, 0.2) is 73.1 Å². The number of ether oxygens (including phenoxy) is 1. The van der Waals surface area contributed by atoms with Crippen LogP contribution in [0.4, 0.5) is 26.8 Å². The molecule has 212 valence electrons. The Labute approximate surface area is 236 Å². The standard InChI is InChI=1S/C30H34FN7O2.2H2/c1-20(17-21-9-8-10-22(18-21)19-34-29(39)40-30(2,3)4)35-28-33-16-14-26(37-28)38(5)25-13-15-32-27(36-25)23-11-6-7-12-24(23)31;;/h6-16,18,20H,17,19H2,1-5H3,(H,34,39)(H,33,35,37);2*1H. The first-order valence-corrected chi connectivity index (χ1v) is 13.0. The van der Waals surface area contributed by atoms with E-state index < -0.39 is 11.7 Å². The Bertz CT molecular complexity index is 1470. The summed E-state index contributed by atoms with van der Waals surface area (Å²) in [4.78, 5) is 31.6. The molecule has 0 fully saturated rings. The van der Waals surface area contributed by atoms with Crippen LogP contribution in [0.25, 0.3) is 11.4 Å². The fourth-order valence-corrected chi connectivity index (χ4v) is 4.01. The largest absolute Gasteiger partial charge is 0.444 e. The molecule has 2 aromatic carbocycles. The third-order valence-electron chi connectivity index (χ3n) is 5.83. The molecule has 4 rings (SSSR count). The summed E-state index contributed by atoms with van der Waals surface area (Å²) in [6, 6.07) is 18.0. The van der Waals surface area contributed by atoms with Crippen LogP contribution in [-0.2, 0) is 17.7 Å². The van der Waals surface area contributed by atoms with Crippen molar-refractivity contribution in [2.75, 3.05) is 17.3 Å². The first-order chi connectivity index (χ1) is 19.1. The Morgan fingerprint density at radius 1 is 1.00 bits per heavy atom. The van der Waals surface area contributed by atoms with Gasteiger partial charge in [0.1, 0.15) is 23.1 Å². The van der Waals surface area contributed by atoms with E-state index in [1.54, 1.807) is 47.6 Å². The van der Waals surface area contributed by atoms with Gasteiger partial charge in [-0.15, -0.1) is 0 Å². The molecule has 0 aliphatic carbocycles. The average Bonchev–Trinajstić information content (AvgIpc) is 2.91. The van der Waals surface area contributed by atoms with Crippen LogP contribution in [0.2, 0.25) is 0 Å². The zero-order chi connectivity index (χ0) is 28.7. The van der Waals surface area contributed by atoms with Crippen molar-refractivity contribution in [3.63, 3.8) is 0 Å². The highest BCUT2D eigenvalue weighted by molar-refractivity contribution is 5.67. The summed E-state index contributed by atoms with van der Waals surface area (Å²) >= 11 is 0. The van der Waals surface area contributed by atoms with E-state index in [-0.39, 0.29) is 14.7 Å². The number of rotatable bonds is 9. The number of carbonyl (C=O) groups is 1. The first-order valence-electron chi connectivity index (χ1n) is 13.0. The van der Waals surface area contributed by atoms with Gasteiger partial charge in [-0.05, 0) is 69.5 Å². The summed E-state index contributed by atoms with van der Waals surface area (Å²) in [5.41, 5.74) is 1.88. The van der Waals surface area contributed by atoms with Crippen LogP contribution in [0.3, 0.4) is 0 Å². The third kappa shape index (κ3) is 7.95. The predicted molar refractivity (Wildman–Crippen MR) is 158 cm³/mol. The van der Waals surface area contributed by atoms with E-state index in [0.29, 0.717) is 35.5 Å². The molecule has 1 unspecified atom stereocenters. The Morgan fingerprint density at radius 2 is 1.70 bits per heavy atom. The molecule has 9 nitrogen and oxygen atoms in total. The summed E-state index contributed by atoms with van der Waals surface area (Å²) < 4.78 is 19.6. The van der Waals surface area contributed by atoms with E-state index in [0.717, 1.165) is 17.5 Å². The number of anilines is 3. The zero-order valence-corrected chi connectivity index (χ0v) is 23.4. The molecule has 1 amide bonds. The minimum Gasteiger partial charge on any atom is -0.444 e. The van der Waals surface area contributed by atoms with Crippen molar-refractivity contribution in [1.82, 2.24) is 25.3 Å². The summed E-state index contributed by atoms with van der Waals surface area (Å²) in [6.07, 6.45) is 3.55. The van der Waals surface area contributed by atoms with E-state index >= 15 is 0 Å². The van der Waals surface area contributed by atoms with Crippen LogP contribution < -0.4 is 15.5 Å². The lowest BCUT2D eigenvalue weighted by atomic mass is 10.0. The monoisotopic (exact) mass is 547 g/mol. The van der Waals surface area contributed by atoms with Crippen LogP contribution >= 0.6 is 0 Å². The van der Waals surface area contributed by atoms with Gasteiger partial charge in [0.2, 0.25) is 5.95 Å². The Hall–Kier alpha value is -4.60. The maximum Gasteiger partial charge on any atom is 0.407 e. The lowest BCUT2D eigenvalue weighted by Gasteiger charge is -2.20. The summed E-state index contributed by atoms with van der Waals surface area (Å²) in [5.74, 6) is 1.59. The van der Waals surface area contributed by atoms with Crippen molar-refractivity contribution in [2.24, 2.45) is 0 Å². The third-order valence-corrected chi connectivity index (χ3v) is 5.83. The molecule has 2 heterocycles. The van der Waals surface area contributed by atoms with E-state index in [9.17, 15) is 9.18 Å². The van der Waals surface area contributed by atoms with Crippen molar-refractivity contribution in [3.05, 3.63) is 90.0 Å². The van der Waals surface area contributed by atoms with Crippen molar-refractivity contribution in [2.45, 2.75) is 52.3 Å². The van der Waals surface area contributed by atoms with Crippen molar-refractivity contribution < 1.29 is 16.8 Å². The highest BCUT2D eigenvalue weighted by atomic mass is 19.1. The highest BCUT2D eigenvalue weighted by Gasteiger charge is 2.16. The number of hydrogen-bond donors (Lipinski definition) is 2. The van der Waals surface area contributed by atoms with Crippen molar-refractivity contribution in [1.29, 1.82) is 0 Å². The molecule has 2 aromatic heterocycles. The van der Waals surface area contributed by atoms with Crippen molar-refractivity contribution >= 4 is 23.7 Å². The van der Waals surface area contributed by atoms with Gasteiger partial charge < -0.3 is 20.3 Å². The van der Waals surface area contributed by atoms with Crippen molar-refractivity contribution in [3.8, 4) is 11.4 Å². The minimum atomic E-state index is -0.541.